The molecule has 0 saturated carbocycles. The minimum absolute atomic E-state index is 0.0709. The smallest absolute Gasteiger partial charge is 0.231 e. The summed E-state index contributed by atoms with van der Waals surface area (Å²) in [5.41, 5.74) is 2.67. The molecule has 0 bridgehead atoms. The number of methoxy groups -OCH3 is 1. The molecule has 5 rings (SSSR count). The van der Waals surface area contributed by atoms with Crippen molar-refractivity contribution in [1.29, 1.82) is 0 Å². The number of phenols is 1. The highest BCUT2D eigenvalue weighted by molar-refractivity contribution is 9.10. The Labute approximate surface area is 192 Å². The number of Topliss-reactive ketones (excluding diaryl/α,β-unsaturated/α-hetero) is 1. The number of aromatic hydroxyl groups is 1. The van der Waals surface area contributed by atoms with Gasteiger partial charge < -0.3 is 9.84 Å². The number of rotatable bonds is 2. The molecule has 4 atom stereocenters. The summed E-state index contributed by atoms with van der Waals surface area (Å²) in [5, 5.41) is 12.7. The molecule has 3 aliphatic carbocycles. The van der Waals surface area contributed by atoms with Crippen molar-refractivity contribution in [3.8, 4) is 11.5 Å². The number of carbonyl (C=O) groups is 4. The Hall–Kier alpha value is -3.00. The molecule has 0 spiro atoms. The van der Waals surface area contributed by atoms with Gasteiger partial charge in [0.15, 0.2) is 23.1 Å². The number of halogens is 1. The molecule has 1 fully saturated rings. The monoisotopic (exact) mass is 497 g/mol. The summed E-state index contributed by atoms with van der Waals surface area (Å²) in [6.07, 6.45) is 3.92. The van der Waals surface area contributed by atoms with E-state index in [1.54, 1.807) is 19.1 Å². The van der Waals surface area contributed by atoms with Gasteiger partial charge in [-0.05, 0) is 65.4 Å². The molecule has 164 valence electrons. The van der Waals surface area contributed by atoms with E-state index < -0.39 is 17.8 Å². The third-order valence-corrected chi connectivity index (χ3v) is 7.62. The first-order chi connectivity index (χ1) is 15.2. The Kier molecular flexibility index (Phi) is 4.74. The number of hydrogen-bond acceptors (Lipinski definition) is 6. The van der Waals surface area contributed by atoms with E-state index in [-0.39, 0.29) is 47.2 Å². The van der Waals surface area contributed by atoms with Gasteiger partial charge in [0.25, 0.3) is 0 Å². The standard InChI is InChI=1S/C24H20BrNO6/c1-9-5-16(27)14-8-13-11(3-4-12-19(13)24(31)26-23(12)30)18(20(14)21(9)28)10-6-15(25)22(29)17(7-10)32-2/h3,5-7,12-13,18-19,29H,4,8H2,1-2H3,(H,26,30,31)/t12-,13+,18-,19-/m0/s1. The molecule has 4 aliphatic rings. The number of amides is 2. The maximum Gasteiger partial charge on any atom is 0.231 e. The lowest BCUT2D eigenvalue weighted by molar-refractivity contribution is -0.126. The maximum absolute atomic E-state index is 13.3. The van der Waals surface area contributed by atoms with Gasteiger partial charge in [0.05, 0.1) is 23.4 Å². The average Bonchev–Trinajstić information content (AvgIpc) is 3.06. The fraction of sp³-hybridized carbons (Fsp3) is 0.333. The van der Waals surface area contributed by atoms with Crippen molar-refractivity contribution in [2.75, 3.05) is 7.11 Å². The topological polar surface area (TPSA) is 110 Å². The van der Waals surface area contributed by atoms with Crippen LogP contribution in [0.3, 0.4) is 0 Å². The molecular weight excluding hydrogens is 478 g/mol. The van der Waals surface area contributed by atoms with Crippen LogP contribution in [0.4, 0.5) is 0 Å². The van der Waals surface area contributed by atoms with E-state index >= 15 is 0 Å². The molecule has 8 heteroatoms. The number of fused-ring (bicyclic) bond motifs is 3. The summed E-state index contributed by atoms with van der Waals surface area (Å²) in [5.74, 6) is -2.90. The van der Waals surface area contributed by atoms with Crippen LogP contribution in [-0.4, -0.2) is 35.6 Å². The van der Waals surface area contributed by atoms with Crippen LogP contribution in [-0.2, 0) is 19.2 Å². The number of hydrogen-bond donors (Lipinski definition) is 2. The summed E-state index contributed by atoms with van der Waals surface area (Å²) in [6, 6.07) is 3.35. The van der Waals surface area contributed by atoms with Gasteiger partial charge in [0.2, 0.25) is 11.8 Å². The van der Waals surface area contributed by atoms with E-state index in [9.17, 15) is 24.3 Å². The zero-order valence-corrected chi connectivity index (χ0v) is 19.0. The van der Waals surface area contributed by atoms with Gasteiger partial charge in [0.1, 0.15) is 0 Å². The van der Waals surface area contributed by atoms with E-state index in [1.165, 1.54) is 13.2 Å². The molecule has 1 saturated heterocycles. The van der Waals surface area contributed by atoms with Crippen LogP contribution >= 0.6 is 15.9 Å². The van der Waals surface area contributed by atoms with Gasteiger partial charge in [-0.3, -0.25) is 24.5 Å². The molecule has 0 aromatic heterocycles. The molecule has 1 aliphatic heterocycles. The van der Waals surface area contributed by atoms with Gasteiger partial charge in [-0.15, -0.1) is 0 Å². The minimum atomic E-state index is -0.584. The fourth-order valence-electron chi connectivity index (χ4n) is 5.57. The fourth-order valence-corrected chi connectivity index (χ4v) is 6.03. The summed E-state index contributed by atoms with van der Waals surface area (Å²) >= 11 is 3.34. The van der Waals surface area contributed by atoms with Crippen molar-refractivity contribution in [2.24, 2.45) is 17.8 Å². The number of phenolic OH excluding ortho intramolecular Hbond substituents is 1. The first kappa shape index (κ1) is 20.9. The lowest BCUT2D eigenvalue weighted by Gasteiger charge is -2.42. The van der Waals surface area contributed by atoms with Crippen LogP contribution in [0, 0.1) is 17.8 Å². The lowest BCUT2D eigenvalue weighted by Crippen LogP contribution is -2.39. The predicted octanol–water partition coefficient (Wildman–Crippen LogP) is 2.88. The van der Waals surface area contributed by atoms with E-state index in [0.717, 1.165) is 5.57 Å². The van der Waals surface area contributed by atoms with Crippen LogP contribution in [0.1, 0.15) is 31.2 Å². The van der Waals surface area contributed by atoms with Crippen LogP contribution < -0.4 is 10.1 Å². The Bertz CT molecular complexity index is 1220. The second-order valence-electron chi connectivity index (χ2n) is 8.64. The second-order valence-corrected chi connectivity index (χ2v) is 9.49. The number of allylic oxidation sites excluding steroid dienone is 6. The molecule has 1 aromatic rings. The summed E-state index contributed by atoms with van der Waals surface area (Å²) in [7, 11) is 1.43. The van der Waals surface area contributed by atoms with Gasteiger partial charge in [0, 0.05) is 22.6 Å². The minimum Gasteiger partial charge on any atom is -0.503 e. The van der Waals surface area contributed by atoms with Gasteiger partial charge in [-0.2, -0.15) is 0 Å². The van der Waals surface area contributed by atoms with E-state index in [4.69, 9.17) is 4.74 Å². The van der Waals surface area contributed by atoms with Crippen LogP contribution in [0.15, 0.2) is 51.0 Å². The van der Waals surface area contributed by atoms with Crippen molar-refractivity contribution < 1.29 is 29.0 Å². The number of carbonyl (C=O) groups excluding carboxylic acids is 4. The maximum atomic E-state index is 13.3. The lowest BCUT2D eigenvalue weighted by atomic mass is 9.59. The molecule has 1 aromatic carbocycles. The third kappa shape index (κ3) is 2.85. The van der Waals surface area contributed by atoms with Crippen molar-refractivity contribution in [1.82, 2.24) is 5.32 Å². The Morgan fingerprint density at radius 3 is 2.59 bits per heavy atom. The van der Waals surface area contributed by atoms with Crippen molar-refractivity contribution in [3.05, 3.63) is 56.6 Å². The largest absolute Gasteiger partial charge is 0.503 e. The van der Waals surface area contributed by atoms with Crippen LogP contribution in [0.5, 0.6) is 11.5 Å². The van der Waals surface area contributed by atoms with Gasteiger partial charge in [-0.1, -0.05) is 11.6 Å². The van der Waals surface area contributed by atoms with E-state index in [0.29, 0.717) is 33.2 Å². The summed E-state index contributed by atoms with van der Waals surface area (Å²) in [4.78, 5) is 51.2. The van der Waals surface area contributed by atoms with Crippen LogP contribution in [0.25, 0.3) is 0 Å². The normalized spacial score (nSPS) is 29.1. The van der Waals surface area contributed by atoms with Crippen molar-refractivity contribution >= 4 is 39.3 Å². The summed E-state index contributed by atoms with van der Waals surface area (Å²) in [6.45, 7) is 1.62. The molecule has 7 nitrogen and oxygen atoms in total. The van der Waals surface area contributed by atoms with E-state index in [1.807, 2.05) is 6.08 Å². The number of imide groups is 1. The number of benzene rings is 1. The SMILES string of the molecule is COc1cc([C@H]2C3=CC[C@@H]4C(=O)NC(=O)[C@@H]4[C@@H]3CC3=C2C(=O)C(C)=CC3=O)cc(Br)c1O. The molecule has 0 unspecified atom stereocenters. The van der Waals surface area contributed by atoms with Crippen molar-refractivity contribution in [2.45, 2.75) is 25.7 Å². The molecule has 32 heavy (non-hydrogen) atoms. The molecular formula is C24H20BrNO6. The highest BCUT2D eigenvalue weighted by atomic mass is 79.9. The number of ether oxygens (including phenoxy) is 1. The summed E-state index contributed by atoms with van der Waals surface area (Å²) < 4.78 is 5.70. The second kappa shape index (κ2) is 7.27. The first-order valence-electron chi connectivity index (χ1n) is 10.3. The van der Waals surface area contributed by atoms with E-state index in [2.05, 4.69) is 21.2 Å². The molecule has 0 radical (unpaired) electrons. The highest BCUT2D eigenvalue weighted by Gasteiger charge is 2.53. The Balaban J connectivity index is 1.75. The Morgan fingerprint density at radius 2 is 1.88 bits per heavy atom. The highest BCUT2D eigenvalue weighted by Crippen LogP contribution is 2.55. The Morgan fingerprint density at radius 1 is 1.12 bits per heavy atom. The van der Waals surface area contributed by atoms with Gasteiger partial charge in [-0.25, -0.2) is 0 Å². The molecule has 1 heterocycles. The predicted molar refractivity (Wildman–Crippen MR) is 117 cm³/mol. The molecule has 2 N–H and O–H groups in total. The molecule has 2 amide bonds. The van der Waals surface area contributed by atoms with Gasteiger partial charge >= 0.3 is 0 Å². The third-order valence-electron chi connectivity index (χ3n) is 7.01. The number of nitrogens with one attached hydrogen (secondary N) is 1. The quantitative estimate of drug-likeness (QED) is 0.369. The number of ketones is 2. The average molecular weight is 498 g/mol. The van der Waals surface area contributed by atoms with Crippen molar-refractivity contribution in [3.63, 3.8) is 0 Å². The first-order valence-corrected chi connectivity index (χ1v) is 11.1. The zero-order valence-electron chi connectivity index (χ0n) is 17.4. The van der Waals surface area contributed by atoms with Crippen LogP contribution in [0.2, 0.25) is 0 Å². The zero-order chi connectivity index (χ0) is 22.9.